The molecule has 1 aromatic heterocycles. The van der Waals surface area contributed by atoms with Crippen molar-refractivity contribution in [3.05, 3.63) is 47.9 Å². The zero-order valence-electron chi connectivity index (χ0n) is 14.4. The van der Waals surface area contributed by atoms with Crippen LogP contribution in [0.1, 0.15) is 23.0 Å². The van der Waals surface area contributed by atoms with Crippen molar-refractivity contribution in [2.24, 2.45) is 0 Å². The second-order valence-corrected chi connectivity index (χ2v) is 6.02. The highest BCUT2D eigenvalue weighted by atomic mass is 16.2. The van der Waals surface area contributed by atoms with E-state index in [4.69, 9.17) is 0 Å². The molecule has 0 unspecified atom stereocenters. The number of nitrogens with zero attached hydrogens (tertiary/aromatic N) is 4. The van der Waals surface area contributed by atoms with Crippen LogP contribution in [0, 0.1) is 6.92 Å². The lowest BCUT2D eigenvalue weighted by Crippen LogP contribution is -2.48. The molecule has 7 nitrogen and oxygen atoms in total. The van der Waals surface area contributed by atoms with E-state index in [2.05, 4.69) is 20.2 Å². The number of para-hydroxylation sites is 1. The molecule has 0 bridgehead atoms. The van der Waals surface area contributed by atoms with Gasteiger partial charge >= 0.3 is 0 Å². The van der Waals surface area contributed by atoms with Crippen LogP contribution in [-0.4, -0.2) is 52.9 Å². The Morgan fingerprint density at radius 2 is 1.80 bits per heavy atom. The summed E-state index contributed by atoms with van der Waals surface area (Å²) >= 11 is 0. The monoisotopic (exact) mass is 339 g/mol. The van der Waals surface area contributed by atoms with Crippen LogP contribution in [0.5, 0.6) is 0 Å². The Morgan fingerprint density at radius 1 is 1.08 bits per heavy atom. The van der Waals surface area contributed by atoms with Crippen LogP contribution >= 0.6 is 0 Å². The van der Waals surface area contributed by atoms with E-state index in [9.17, 15) is 9.59 Å². The van der Waals surface area contributed by atoms with E-state index in [1.54, 1.807) is 13.0 Å². The summed E-state index contributed by atoms with van der Waals surface area (Å²) in [6, 6.07) is 9.29. The summed E-state index contributed by atoms with van der Waals surface area (Å²) in [6.07, 6.45) is 1.40. The average molecular weight is 339 g/mol. The smallest absolute Gasteiger partial charge is 0.274 e. The number of aryl methyl sites for hydroxylation is 1. The molecule has 1 N–H and O–H groups in total. The van der Waals surface area contributed by atoms with Crippen molar-refractivity contribution >= 4 is 23.3 Å². The third-order valence-electron chi connectivity index (χ3n) is 4.33. The van der Waals surface area contributed by atoms with Crippen molar-refractivity contribution in [1.29, 1.82) is 0 Å². The van der Waals surface area contributed by atoms with Crippen LogP contribution in [0.15, 0.2) is 36.7 Å². The normalized spacial score (nSPS) is 14.3. The summed E-state index contributed by atoms with van der Waals surface area (Å²) in [4.78, 5) is 36.1. The number of amides is 2. The zero-order valence-corrected chi connectivity index (χ0v) is 14.4. The first kappa shape index (κ1) is 16.9. The number of piperazine rings is 1. The summed E-state index contributed by atoms with van der Waals surface area (Å²) in [7, 11) is 0. The standard InChI is InChI=1S/C18H21N5O2/c1-13-5-3-4-6-15(13)21-18(25)16-11-17(20-12-19-16)23-9-7-22(8-10-23)14(2)24/h3-6,11-12H,7-10H2,1-2H3,(H,21,25). The number of anilines is 2. The van der Waals surface area contributed by atoms with E-state index in [0.29, 0.717) is 37.7 Å². The quantitative estimate of drug-likeness (QED) is 0.921. The molecule has 3 rings (SSSR count). The number of hydrogen-bond acceptors (Lipinski definition) is 5. The maximum absolute atomic E-state index is 12.5. The van der Waals surface area contributed by atoms with E-state index >= 15 is 0 Å². The summed E-state index contributed by atoms with van der Waals surface area (Å²) < 4.78 is 0. The molecule has 2 aromatic rings. The Labute approximate surface area is 146 Å². The average Bonchev–Trinajstić information content (AvgIpc) is 2.64. The van der Waals surface area contributed by atoms with Gasteiger partial charge in [-0.3, -0.25) is 9.59 Å². The second kappa shape index (κ2) is 7.29. The first-order valence-electron chi connectivity index (χ1n) is 8.24. The summed E-state index contributed by atoms with van der Waals surface area (Å²) in [5, 5.41) is 2.88. The maximum atomic E-state index is 12.5. The van der Waals surface area contributed by atoms with E-state index in [0.717, 1.165) is 11.3 Å². The molecule has 130 valence electrons. The largest absolute Gasteiger partial charge is 0.353 e. The molecule has 1 aromatic carbocycles. The number of carbonyl (C=O) groups is 2. The van der Waals surface area contributed by atoms with Crippen LogP contribution in [0.4, 0.5) is 11.5 Å². The van der Waals surface area contributed by atoms with Crippen molar-refractivity contribution in [3.63, 3.8) is 0 Å². The minimum absolute atomic E-state index is 0.0839. The Bertz CT molecular complexity index is 785. The number of rotatable bonds is 3. The fourth-order valence-electron chi connectivity index (χ4n) is 2.79. The number of benzene rings is 1. The van der Waals surface area contributed by atoms with E-state index < -0.39 is 0 Å². The summed E-state index contributed by atoms with van der Waals surface area (Å²) in [5.74, 6) is 0.522. The van der Waals surface area contributed by atoms with E-state index in [1.165, 1.54) is 6.33 Å². The van der Waals surface area contributed by atoms with Gasteiger partial charge in [0.15, 0.2) is 0 Å². The van der Waals surface area contributed by atoms with Gasteiger partial charge in [-0.05, 0) is 18.6 Å². The second-order valence-electron chi connectivity index (χ2n) is 6.02. The Balaban J connectivity index is 1.70. The molecule has 2 amide bonds. The lowest BCUT2D eigenvalue weighted by molar-refractivity contribution is -0.129. The minimum atomic E-state index is -0.264. The van der Waals surface area contributed by atoms with Gasteiger partial charge in [-0.15, -0.1) is 0 Å². The minimum Gasteiger partial charge on any atom is -0.353 e. The third kappa shape index (κ3) is 3.93. The van der Waals surface area contributed by atoms with Crippen LogP contribution in [0.25, 0.3) is 0 Å². The van der Waals surface area contributed by atoms with Crippen LogP contribution in [-0.2, 0) is 4.79 Å². The van der Waals surface area contributed by atoms with Gasteiger partial charge in [0, 0.05) is 44.9 Å². The molecule has 1 aliphatic heterocycles. The first-order valence-corrected chi connectivity index (χ1v) is 8.24. The van der Waals surface area contributed by atoms with Crippen LogP contribution in [0.2, 0.25) is 0 Å². The van der Waals surface area contributed by atoms with Crippen molar-refractivity contribution in [2.75, 3.05) is 36.4 Å². The van der Waals surface area contributed by atoms with Gasteiger partial charge in [-0.2, -0.15) is 0 Å². The number of carbonyl (C=O) groups excluding carboxylic acids is 2. The third-order valence-corrected chi connectivity index (χ3v) is 4.33. The lowest BCUT2D eigenvalue weighted by Gasteiger charge is -2.34. The number of nitrogens with one attached hydrogen (secondary N) is 1. The number of hydrogen-bond donors (Lipinski definition) is 1. The molecular weight excluding hydrogens is 318 g/mol. The molecule has 25 heavy (non-hydrogen) atoms. The van der Waals surface area contributed by atoms with Crippen molar-refractivity contribution in [1.82, 2.24) is 14.9 Å². The first-order chi connectivity index (χ1) is 12.0. The Morgan fingerprint density at radius 3 is 2.48 bits per heavy atom. The number of aromatic nitrogens is 2. The summed E-state index contributed by atoms with van der Waals surface area (Å²) in [6.45, 7) is 6.21. The lowest BCUT2D eigenvalue weighted by atomic mass is 10.2. The van der Waals surface area contributed by atoms with Gasteiger partial charge in [-0.1, -0.05) is 18.2 Å². The summed E-state index contributed by atoms with van der Waals surface area (Å²) in [5.41, 5.74) is 2.08. The molecule has 0 radical (unpaired) electrons. The SMILES string of the molecule is CC(=O)N1CCN(c2cc(C(=O)Nc3ccccc3C)ncn2)CC1. The van der Waals surface area contributed by atoms with Gasteiger partial charge in [0.05, 0.1) is 0 Å². The molecule has 0 saturated carbocycles. The molecule has 0 atom stereocenters. The predicted octanol–water partition coefficient (Wildman–Crippen LogP) is 1.71. The van der Waals surface area contributed by atoms with Gasteiger partial charge in [0.2, 0.25) is 5.91 Å². The van der Waals surface area contributed by atoms with E-state index in [-0.39, 0.29) is 11.8 Å². The molecule has 1 saturated heterocycles. The highest BCUT2D eigenvalue weighted by Gasteiger charge is 2.20. The zero-order chi connectivity index (χ0) is 17.8. The van der Waals surface area contributed by atoms with E-state index in [1.807, 2.05) is 36.1 Å². The van der Waals surface area contributed by atoms with Gasteiger partial charge in [0.1, 0.15) is 17.8 Å². The maximum Gasteiger partial charge on any atom is 0.274 e. The van der Waals surface area contributed by atoms with Crippen LogP contribution < -0.4 is 10.2 Å². The highest BCUT2D eigenvalue weighted by molar-refractivity contribution is 6.03. The van der Waals surface area contributed by atoms with Gasteiger partial charge < -0.3 is 15.1 Å². The Kier molecular flexibility index (Phi) is 4.92. The van der Waals surface area contributed by atoms with Crippen LogP contribution in [0.3, 0.4) is 0 Å². The molecular formula is C18H21N5O2. The molecule has 1 aliphatic rings. The fourth-order valence-corrected chi connectivity index (χ4v) is 2.79. The molecule has 0 aliphatic carbocycles. The fraction of sp³-hybridized carbons (Fsp3) is 0.333. The van der Waals surface area contributed by atoms with Crippen molar-refractivity contribution in [3.8, 4) is 0 Å². The highest BCUT2D eigenvalue weighted by Crippen LogP contribution is 2.17. The van der Waals surface area contributed by atoms with Gasteiger partial charge in [0.25, 0.3) is 5.91 Å². The predicted molar refractivity (Wildman–Crippen MR) is 95.6 cm³/mol. The topological polar surface area (TPSA) is 78.4 Å². The molecule has 0 spiro atoms. The van der Waals surface area contributed by atoms with Crippen molar-refractivity contribution < 1.29 is 9.59 Å². The van der Waals surface area contributed by atoms with Crippen molar-refractivity contribution in [2.45, 2.75) is 13.8 Å². The molecule has 7 heteroatoms. The molecule has 1 fully saturated rings. The van der Waals surface area contributed by atoms with Gasteiger partial charge in [-0.25, -0.2) is 9.97 Å². The molecule has 2 heterocycles. The Hall–Kier alpha value is -2.96.